The van der Waals surface area contributed by atoms with Gasteiger partial charge in [0, 0.05) is 30.4 Å². The zero-order valence-corrected chi connectivity index (χ0v) is 23.9. The summed E-state index contributed by atoms with van der Waals surface area (Å²) in [7, 11) is 0. The number of ether oxygens (including phenoxy) is 1. The lowest BCUT2D eigenvalue weighted by Crippen LogP contribution is -2.52. The van der Waals surface area contributed by atoms with E-state index < -0.39 is 18.0 Å². The van der Waals surface area contributed by atoms with Gasteiger partial charge >= 0.3 is 0 Å². The lowest BCUT2D eigenvalue weighted by molar-refractivity contribution is -0.129. The molecule has 2 atom stereocenters. The maximum Gasteiger partial charge on any atom is 0.287 e. The summed E-state index contributed by atoms with van der Waals surface area (Å²) < 4.78 is 11.1. The maximum absolute atomic E-state index is 13.3. The minimum absolute atomic E-state index is 0.0265. The molecule has 0 spiro atoms. The Bertz CT molecular complexity index is 1300. The number of nitrogens with one attached hydrogen (secondary N) is 2. The van der Waals surface area contributed by atoms with Crippen molar-refractivity contribution in [1.29, 1.82) is 0 Å². The van der Waals surface area contributed by atoms with Crippen LogP contribution in [0.1, 0.15) is 49.4 Å². The molecular formula is C29H37N5O5S. The molecule has 0 aliphatic carbocycles. The van der Waals surface area contributed by atoms with Crippen molar-refractivity contribution in [2.24, 2.45) is 5.92 Å². The van der Waals surface area contributed by atoms with Crippen molar-refractivity contribution in [1.82, 2.24) is 20.5 Å². The van der Waals surface area contributed by atoms with E-state index in [9.17, 15) is 14.4 Å². The quantitative estimate of drug-likeness (QED) is 0.405. The third-order valence-electron chi connectivity index (χ3n) is 7.24. The van der Waals surface area contributed by atoms with Gasteiger partial charge in [-0.2, -0.15) is 0 Å². The average molecular weight is 568 g/mol. The zero-order chi connectivity index (χ0) is 28.1. The topological polar surface area (TPSA) is 117 Å². The van der Waals surface area contributed by atoms with Crippen molar-refractivity contribution >= 4 is 45.0 Å². The van der Waals surface area contributed by atoms with Gasteiger partial charge in [-0.05, 0) is 43.9 Å². The molecule has 2 saturated heterocycles. The van der Waals surface area contributed by atoms with Crippen molar-refractivity contribution in [2.75, 3.05) is 44.3 Å². The first-order valence-electron chi connectivity index (χ1n) is 14.0. The number of carbonyl (C=O) groups is 3. The molecule has 214 valence electrons. The fourth-order valence-corrected chi connectivity index (χ4v) is 6.04. The number of nitrogens with zero attached hydrogens (tertiary/aromatic N) is 3. The second-order valence-corrected chi connectivity index (χ2v) is 11.7. The average Bonchev–Trinajstić information content (AvgIpc) is 3.55. The van der Waals surface area contributed by atoms with Crippen LogP contribution in [0, 0.1) is 5.92 Å². The predicted molar refractivity (Wildman–Crippen MR) is 154 cm³/mol. The van der Waals surface area contributed by atoms with E-state index in [-0.39, 0.29) is 29.9 Å². The SMILES string of the molecule is CC(C)C[C@H](NC(=O)c1cc2ccccc2o1)C(=O)NC1CCCN(Cc2csc(N3CCOCC3)n2)CC1=O. The van der Waals surface area contributed by atoms with Crippen LogP contribution in [0.2, 0.25) is 0 Å². The predicted octanol–water partition coefficient (Wildman–Crippen LogP) is 3.22. The molecule has 2 aromatic heterocycles. The number of aromatic nitrogens is 1. The second kappa shape index (κ2) is 12.9. The number of amides is 2. The lowest BCUT2D eigenvalue weighted by Gasteiger charge is -2.26. The number of hydrogen-bond donors (Lipinski definition) is 2. The van der Waals surface area contributed by atoms with Crippen LogP contribution < -0.4 is 15.5 Å². The van der Waals surface area contributed by atoms with Crippen molar-refractivity contribution in [3.8, 4) is 0 Å². The van der Waals surface area contributed by atoms with Gasteiger partial charge in [0.2, 0.25) is 5.91 Å². The molecule has 10 nitrogen and oxygen atoms in total. The van der Waals surface area contributed by atoms with Gasteiger partial charge < -0.3 is 24.7 Å². The van der Waals surface area contributed by atoms with Crippen LogP contribution >= 0.6 is 11.3 Å². The number of para-hydroxylation sites is 1. The van der Waals surface area contributed by atoms with Gasteiger partial charge in [0.25, 0.3) is 5.91 Å². The number of carbonyl (C=O) groups excluding carboxylic acids is 3. The van der Waals surface area contributed by atoms with Gasteiger partial charge in [-0.15, -0.1) is 11.3 Å². The molecule has 1 aromatic carbocycles. The molecule has 0 radical (unpaired) electrons. The van der Waals surface area contributed by atoms with E-state index in [0.717, 1.165) is 42.3 Å². The Morgan fingerprint density at radius 2 is 1.98 bits per heavy atom. The number of rotatable bonds is 9. The number of thiazole rings is 1. The molecule has 2 amide bonds. The minimum Gasteiger partial charge on any atom is -0.451 e. The van der Waals surface area contributed by atoms with Gasteiger partial charge in [-0.25, -0.2) is 4.98 Å². The first-order chi connectivity index (χ1) is 19.4. The van der Waals surface area contributed by atoms with Crippen molar-refractivity contribution < 1.29 is 23.5 Å². The van der Waals surface area contributed by atoms with Crippen LogP contribution in [-0.4, -0.2) is 79.0 Å². The molecule has 4 heterocycles. The number of hydrogen-bond acceptors (Lipinski definition) is 9. The fourth-order valence-electron chi connectivity index (χ4n) is 5.17. The Morgan fingerprint density at radius 1 is 1.18 bits per heavy atom. The van der Waals surface area contributed by atoms with Crippen molar-refractivity contribution in [3.05, 3.63) is 47.2 Å². The number of likely N-dealkylation sites (tertiary alicyclic amines) is 1. The Morgan fingerprint density at radius 3 is 2.75 bits per heavy atom. The molecular weight excluding hydrogens is 530 g/mol. The smallest absolute Gasteiger partial charge is 0.287 e. The third kappa shape index (κ3) is 7.07. The van der Waals surface area contributed by atoms with E-state index in [0.29, 0.717) is 38.2 Å². The summed E-state index contributed by atoms with van der Waals surface area (Å²) >= 11 is 1.62. The molecule has 11 heteroatoms. The van der Waals surface area contributed by atoms with Gasteiger partial charge in [0.1, 0.15) is 11.6 Å². The van der Waals surface area contributed by atoms with Crippen molar-refractivity contribution in [2.45, 2.75) is 51.7 Å². The van der Waals surface area contributed by atoms with Gasteiger partial charge in [0.05, 0.1) is 31.5 Å². The van der Waals surface area contributed by atoms with Crippen LogP contribution in [0.15, 0.2) is 40.1 Å². The summed E-state index contributed by atoms with van der Waals surface area (Å²) in [5.41, 5.74) is 1.56. The number of ketones is 1. The normalized spacial score (nSPS) is 19.5. The van der Waals surface area contributed by atoms with E-state index >= 15 is 0 Å². The van der Waals surface area contributed by atoms with Crippen LogP contribution in [0.25, 0.3) is 11.0 Å². The highest BCUT2D eigenvalue weighted by molar-refractivity contribution is 7.13. The van der Waals surface area contributed by atoms with E-state index in [4.69, 9.17) is 14.1 Å². The monoisotopic (exact) mass is 567 g/mol. The van der Waals surface area contributed by atoms with Crippen LogP contribution in [0.5, 0.6) is 0 Å². The van der Waals surface area contributed by atoms with E-state index in [2.05, 4.69) is 25.8 Å². The largest absolute Gasteiger partial charge is 0.451 e. The summed E-state index contributed by atoms with van der Waals surface area (Å²) in [6.07, 6.45) is 1.78. The number of Topliss-reactive ketones (excluding diaryl/α,β-unsaturated/α-hetero) is 1. The standard InChI is InChI=1S/C29H37N5O5S/c1-19(2)14-23(32-28(37)26-15-20-6-3-4-8-25(20)39-26)27(36)31-22-7-5-9-33(17-24(22)35)16-21-18-40-29(30-21)34-10-12-38-13-11-34/h3-4,6,8,15,18-19,22-23H,5,7,9-14,16-17H2,1-2H3,(H,31,36)(H,32,37)/t22?,23-/m0/s1. The van der Waals surface area contributed by atoms with Crippen LogP contribution in [0.3, 0.4) is 0 Å². The number of furan rings is 1. The maximum atomic E-state index is 13.3. The fraction of sp³-hybridized carbons (Fsp3) is 0.517. The molecule has 2 aliphatic rings. The number of benzene rings is 1. The summed E-state index contributed by atoms with van der Waals surface area (Å²) in [5, 5.41) is 9.64. The number of morpholine rings is 1. The zero-order valence-electron chi connectivity index (χ0n) is 23.1. The molecule has 40 heavy (non-hydrogen) atoms. The molecule has 0 bridgehead atoms. The Balaban J connectivity index is 1.17. The van der Waals surface area contributed by atoms with E-state index in [1.165, 1.54) is 0 Å². The number of anilines is 1. The number of fused-ring (bicyclic) bond motifs is 1. The van der Waals surface area contributed by atoms with Crippen LogP contribution in [-0.2, 0) is 20.9 Å². The highest BCUT2D eigenvalue weighted by Crippen LogP contribution is 2.23. The van der Waals surface area contributed by atoms with E-state index in [1.54, 1.807) is 23.5 Å². The highest BCUT2D eigenvalue weighted by atomic mass is 32.1. The third-order valence-corrected chi connectivity index (χ3v) is 8.19. The second-order valence-electron chi connectivity index (χ2n) is 10.9. The Hall–Kier alpha value is -3.28. The van der Waals surface area contributed by atoms with Gasteiger partial charge in [-0.1, -0.05) is 32.0 Å². The minimum atomic E-state index is -0.776. The van der Waals surface area contributed by atoms with Crippen LogP contribution in [0.4, 0.5) is 5.13 Å². The first kappa shape index (κ1) is 28.3. The van der Waals surface area contributed by atoms with Gasteiger partial charge in [0.15, 0.2) is 16.7 Å². The molecule has 0 saturated carbocycles. The Kier molecular flexibility index (Phi) is 9.13. The summed E-state index contributed by atoms with van der Waals surface area (Å²) in [6.45, 7) is 8.68. The summed E-state index contributed by atoms with van der Waals surface area (Å²) in [6, 6.07) is 7.68. The van der Waals surface area contributed by atoms with Crippen molar-refractivity contribution in [3.63, 3.8) is 0 Å². The molecule has 1 unspecified atom stereocenters. The Labute approximate surface area is 238 Å². The lowest BCUT2D eigenvalue weighted by atomic mass is 10.0. The molecule has 3 aromatic rings. The highest BCUT2D eigenvalue weighted by Gasteiger charge is 2.31. The molecule has 2 N–H and O–H groups in total. The first-order valence-corrected chi connectivity index (χ1v) is 14.9. The van der Waals surface area contributed by atoms with Gasteiger partial charge in [-0.3, -0.25) is 19.3 Å². The molecule has 5 rings (SSSR count). The molecule has 2 aliphatic heterocycles. The summed E-state index contributed by atoms with van der Waals surface area (Å²) in [4.78, 5) is 48.6. The summed E-state index contributed by atoms with van der Waals surface area (Å²) in [5.74, 6) is -0.508. The molecule has 2 fully saturated rings. The van der Waals surface area contributed by atoms with E-state index in [1.807, 2.05) is 32.0 Å².